The van der Waals surface area contributed by atoms with Gasteiger partial charge in [-0.1, -0.05) is 12.1 Å². The summed E-state index contributed by atoms with van der Waals surface area (Å²) in [6.45, 7) is 0.999. The molecule has 0 saturated carbocycles. The van der Waals surface area contributed by atoms with Gasteiger partial charge in [-0.05, 0) is 17.7 Å². The van der Waals surface area contributed by atoms with Crippen LogP contribution < -0.4 is 10.6 Å². The predicted molar refractivity (Wildman–Crippen MR) is 88.0 cm³/mol. The van der Waals surface area contributed by atoms with Gasteiger partial charge in [-0.15, -0.1) is 0 Å². The average Bonchev–Trinajstić information content (AvgIpc) is 2.60. The Morgan fingerprint density at radius 3 is 2.46 bits per heavy atom. The molecule has 24 heavy (non-hydrogen) atoms. The van der Waals surface area contributed by atoms with Gasteiger partial charge < -0.3 is 24.4 Å². The number of amides is 2. The molecule has 0 radical (unpaired) electrons. The second-order valence-corrected chi connectivity index (χ2v) is 7.62. The van der Waals surface area contributed by atoms with Crippen LogP contribution in [0.25, 0.3) is 0 Å². The molecule has 0 spiro atoms. The fraction of sp³-hybridized carbons (Fsp3) is 0.467. The largest absolute Gasteiger partial charge is 0.370 e. The van der Waals surface area contributed by atoms with Crippen LogP contribution in [-0.2, 0) is 27.9 Å². The molecule has 1 saturated heterocycles. The molecule has 0 aliphatic carbocycles. The molecule has 0 bridgehead atoms. The molecule has 2 amide bonds. The molecule has 132 valence electrons. The Morgan fingerprint density at radius 2 is 1.96 bits per heavy atom. The lowest BCUT2D eigenvalue weighted by Crippen LogP contribution is -2.41. The van der Waals surface area contributed by atoms with Crippen molar-refractivity contribution in [2.45, 2.75) is 5.92 Å². The number of nitrogens with two attached hydrogens (primary N) is 1. The third kappa shape index (κ3) is 4.21. The van der Waals surface area contributed by atoms with Crippen LogP contribution in [0.15, 0.2) is 24.3 Å². The molecule has 1 fully saturated rings. The monoisotopic (exact) mass is 356 g/mol. The van der Waals surface area contributed by atoms with Crippen LogP contribution >= 0.6 is 7.60 Å². The van der Waals surface area contributed by atoms with Gasteiger partial charge in [0.1, 0.15) is 6.61 Å². The van der Waals surface area contributed by atoms with Gasteiger partial charge in [0.25, 0.3) is 5.91 Å². The van der Waals surface area contributed by atoms with Crippen molar-refractivity contribution in [3.05, 3.63) is 29.8 Å². The molecule has 1 aromatic carbocycles. The highest BCUT2D eigenvalue weighted by Gasteiger charge is 2.31. The number of primary amides is 1. The summed E-state index contributed by atoms with van der Waals surface area (Å²) in [6.07, 6.45) is -0.148. The Bertz CT molecular complexity index is 640. The maximum Gasteiger partial charge on any atom is 0.331 e. The van der Waals surface area contributed by atoms with Crippen molar-refractivity contribution in [1.82, 2.24) is 0 Å². The molecule has 1 aliphatic rings. The average molecular weight is 356 g/mol. The van der Waals surface area contributed by atoms with E-state index in [1.54, 1.807) is 29.2 Å². The van der Waals surface area contributed by atoms with Gasteiger partial charge in [0.05, 0.1) is 18.7 Å². The third-order valence-electron chi connectivity index (χ3n) is 3.90. The van der Waals surface area contributed by atoms with Crippen LogP contribution in [0.1, 0.15) is 11.5 Å². The Kier molecular flexibility index (Phi) is 6.12. The molecule has 1 heterocycles. The van der Waals surface area contributed by atoms with Crippen molar-refractivity contribution in [2.75, 3.05) is 45.0 Å². The molecule has 2 rings (SSSR count). The van der Waals surface area contributed by atoms with Gasteiger partial charge in [-0.3, -0.25) is 14.2 Å². The molecular weight excluding hydrogens is 335 g/mol. The number of anilines is 1. The zero-order valence-corrected chi connectivity index (χ0v) is 14.5. The second-order valence-electron chi connectivity index (χ2n) is 5.30. The first-order chi connectivity index (χ1) is 11.4. The number of hydrogen-bond acceptors (Lipinski definition) is 6. The fourth-order valence-corrected chi connectivity index (χ4v) is 3.77. The van der Waals surface area contributed by atoms with Gasteiger partial charge in [0.15, 0.2) is 0 Å². The molecule has 1 aromatic rings. The lowest BCUT2D eigenvalue weighted by molar-refractivity contribution is -0.125. The lowest BCUT2D eigenvalue weighted by Gasteiger charge is -2.27. The molecule has 1 atom stereocenters. The van der Waals surface area contributed by atoms with Crippen molar-refractivity contribution in [2.24, 2.45) is 5.73 Å². The molecule has 0 aromatic heterocycles. The molecular formula is C15H21N2O6P. The topological polar surface area (TPSA) is 108 Å². The van der Waals surface area contributed by atoms with Crippen LogP contribution in [0.5, 0.6) is 0 Å². The number of rotatable bonds is 7. The van der Waals surface area contributed by atoms with E-state index in [4.69, 9.17) is 19.5 Å². The highest BCUT2D eigenvalue weighted by Crippen LogP contribution is 2.49. The lowest BCUT2D eigenvalue weighted by atomic mass is 10.00. The first kappa shape index (κ1) is 18.6. The Morgan fingerprint density at radius 1 is 1.33 bits per heavy atom. The van der Waals surface area contributed by atoms with E-state index in [9.17, 15) is 14.2 Å². The zero-order chi connectivity index (χ0) is 17.7. The summed E-state index contributed by atoms with van der Waals surface area (Å²) in [7, 11) is -0.868. The Balaban J connectivity index is 2.21. The minimum absolute atomic E-state index is 0.0521. The van der Waals surface area contributed by atoms with Crippen LogP contribution in [0.2, 0.25) is 0 Å². The van der Waals surface area contributed by atoms with Crippen LogP contribution in [0.4, 0.5) is 5.69 Å². The maximum atomic E-state index is 12.3. The maximum absolute atomic E-state index is 12.3. The fourth-order valence-electron chi connectivity index (χ4n) is 2.48. The number of carbonyl (C=O) groups excluding carboxylic acids is 2. The minimum Gasteiger partial charge on any atom is -0.370 e. The summed E-state index contributed by atoms with van der Waals surface area (Å²) in [5.41, 5.74) is 6.73. The van der Waals surface area contributed by atoms with E-state index < -0.39 is 19.4 Å². The standard InChI is InChI=1S/C15H21N2O6P/c1-21-24(20,22-2)10-13(15(16)19)11-3-5-12(6-4-11)17-7-8-23-9-14(17)18/h3-6,13H,7-10H2,1-2H3,(H2,16,19). The van der Waals surface area contributed by atoms with E-state index in [0.29, 0.717) is 24.4 Å². The van der Waals surface area contributed by atoms with E-state index in [-0.39, 0.29) is 18.7 Å². The summed E-state index contributed by atoms with van der Waals surface area (Å²) < 4.78 is 27.1. The molecule has 8 nitrogen and oxygen atoms in total. The van der Waals surface area contributed by atoms with E-state index >= 15 is 0 Å². The highest BCUT2D eigenvalue weighted by atomic mass is 31.2. The normalized spacial score (nSPS) is 16.9. The first-order valence-corrected chi connectivity index (χ1v) is 9.11. The van der Waals surface area contributed by atoms with Crippen molar-refractivity contribution in [3.8, 4) is 0 Å². The van der Waals surface area contributed by atoms with Crippen molar-refractivity contribution in [1.29, 1.82) is 0 Å². The van der Waals surface area contributed by atoms with Crippen molar-refractivity contribution < 1.29 is 27.9 Å². The number of hydrogen-bond donors (Lipinski definition) is 1. The number of ether oxygens (including phenoxy) is 1. The van der Waals surface area contributed by atoms with Crippen molar-refractivity contribution >= 4 is 25.1 Å². The van der Waals surface area contributed by atoms with E-state index in [2.05, 4.69) is 0 Å². The third-order valence-corrected chi connectivity index (χ3v) is 5.82. The van der Waals surface area contributed by atoms with Gasteiger partial charge >= 0.3 is 7.60 Å². The van der Waals surface area contributed by atoms with Crippen molar-refractivity contribution in [3.63, 3.8) is 0 Å². The number of carbonyl (C=O) groups is 2. The second kappa shape index (κ2) is 7.90. The molecule has 2 N–H and O–H groups in total. The number of morpholine rings is 1. The summed E-state index contributed by atoms with van der Waals surface area (Å²) in [5.74, 6) is -1.56. The molecule has 1 unspecified atom stereocenters. The number of nitrogens with zero attached hydrogens (tertiary/aromatic N) is 1. The summed E-state index contributed by atoms with van der Waals surface area (Å²) in [6, 6.07) is 6.81. The summed E-state index contributed by atoms with van der Waals surface area (Å²) in [4.78, 5) is 25.2. The number of benzene rings is 1. The Hall–Kier alpha value is -1.73. The van der Waals surface area contributed by atoms with E-state index in [1.165, 1.54) is 14.2 Å². The van der Waals surface area contributed by atoms with E-state index in [0.717, 1.165) is 0 Å². The zero-order valence-electron chi connectivity index (χ0n) is 13.6. The van der Waals surface area contributed by atoms with Gasteiger partial charge in [0.2, 0.25) is 5.91 Å². The predicted octanol–water partition coefficient (Wildman–Crippen LogP) is 1.10. The van der Waals surface area contributed by atoms with Crippen LogP contribution in [0, 0.1) is 0 Å². The van der Waals surface area contributed by atoms with Gasteiger partial charge in [-0.2, -0.15) is 0 Å². The van der Waals surface area contributed by atoms with Crippen LogP contribution in [-0.4, -0.2) is 52.0 Å². The SMILES string of the molecule is COP(=O)(CC(C(N)=O)c1ccc(N2CCOCC2=O)cc1)OC. The van der Waals surface area contributed by atoms with Crippen LogP contribution in [0.3, 0.4) is 0 Å². The van der Waals surface area contributed by atoms with Gasteiger partial charge in [0, 0.05) is 26.5 Å². The minimum atomic E-state index is -3.39. The quantitative estimate of drug-likeness (QED) is 0.733. The van der Waals surface area contributed by atoms with Gasteiger partial charge in [-0.25, -0.2) is 0 Å². The summed E-state index contributed by atoms with van der Waals surface area (Å²) in [5, 5.41) is 0. The smallest absolute Gasteiger partial charge is 0.331 e. The molecule has 9 heteroatoms. The first-order valence-electron chi connectivity index (χ1n) is 7.38. The summed E-state index contributed by atoms with van der Waals surface area (Å²) >= 11 is 0. The van der Waals surface area contributed by atoms with E-state index in [1.807, 2.05) is 0 Å². The Labute approximate surface area is 140 Å². The highest BCUT2D eigenvalue weighted by molar-refractivity contribution is 7.53. The molecule has 1 aliphatic heterocycles.